The van der Waals surface area contributed by atoms with Crippen LogP contribution in [0.4, 0.5) is 11.4 Å². The van der Waals surface area contributed by atoms with Gasteiger partial charge in [-0.2, -0.15) is 0 Å². The van der Waals surface area contributed by atoms with E-state index in [2.05, 4.69) is 21.3 Å². The maximum Gasteiger partial charge on any atom is 0.228 e. The molecule has 0 aliphatic carbocycles. The minimum Gasteiger partial charge on any atom is -0.378 e. The third kappa shape index (κ3) is 2.31. The molecule has 0 fully saturated rings. The minimum atomic E-state index is 0.0191. The van der Waals surface area contributed by atoms with Crippen LogP contribution < -0.4 is 10.6 Å². The Labute approximate surface area is 116 Å². The third-order valence-electron chi connectivity index (χ3n) is 3.33. The van der Waals surface area contributed by atoms with E-state index >= 15 is 0 Å². The fraction of sp³-hybridized carbons (Fsp3) is 0.214. The van der Waals surface area contributed by atoms with Crippen molar-refractivity contribution in [1.29, 1.82) is 0 Å². The van der Waals surface area contributed by atoms with Crippen molar-refractivity contribution in [3.05, 3.63) is 46.7 Å². The number of benzene rings is 1. The monoisotopic (exact) mass is 275 g/mol. The molecule has 1 amide bonds. The summed E-state index contributed by atoms with van der Waals surface area (Å²) in [4.78, 5) is 11.3. The summed E-state index contributed by atoms with van der Waals surface area (Å²) >= 11 is 6.21. The average molecular weight is 276 g/mol. The molecule has 2 aromatic rings. The van der Waals surface area contributed by atoms with Crippen molar-refractivity contribution in [2.75, 3.05) is 10.6 Å². The quantitative estimate of drug-likeness (QED) is 0.905. The van der Waals surface area contributed by atoms with Crippen molar-refractivity contribution in [2.45, 2.75) is 13.0 Å². The minimum absolute atomic E-state index is 0.0191. The molecule has 0 radical (unpaired) electrons. The van der Waals surface area contributed by atoms with Gasteiger partial charge in [0.1, 0.15) is 0 Å². The summed E-state index contributed by atoms with van der Waals surface area (Å²) in [7, 11) is 2.00. The second kappa shape index (κ2) is 4.63. The standard InChI is InChI=1S/C14H14ClN3O/c1-18-4-2-3-10(18)8-16-13-5-9-6-14(19)17-12(9)7-11(13)15/h2-5,7,16H,6,8H2,1H3,(H,17,19). The number of rotatable bonds is 3. The summed E-state index contributed by atoms with van der Waals surface area (Å²) in [5.41, 5.74) is 3.84. The van der Waals surface area contributed by atoms with E-state index in [0.717, 1.165) is 16.9 Å². The summed E-state index contributed by atoms with van der Waals surface area (Å²) < 4.78 is 2.05. The Morgan fingerprint density at radius 3 is 3.05 bits per heavy atom. The molecule has 0 unspecified atom stereocenters. The Hall–Kier alpha value is -1.94. The molecular formula is C14H14ClN3O. The Morgan fingerprint density at radius 2 is 2.32 bits per heavy atom. The molecule has 0 spiro atoms. The van der Waals surface area contributed by atoms with E-state index in [1.807, 2.05) is 25.4 Å². The van der Waals surface area contributed by atoms with Crippen LogP contribution in [-0.2, 0) is 24.8 Å². The molecule has 1 aliphatic heterocycles. The lowest BCUT2D eigenvalue weighted by atomic mass is 10.1. The molecule has 1 aliphatic rings. The van der Waals surface area contributed by atoms with Crippen molar-refractivity contribution in [3.63, 3.8) is 0 Å². The van der Waals surface area contributed by atoms with Crippen molar-refractivity contribution in [3.8, 4) is 0 Å². The van der Waals surface area contributed by atoms with E-state index in [-0.39, 0.29) is 5.91 Å². The van der Waals surface area contributed by atoms with Gasteiger partial charge >= 0.3 is 0 Å². The van der Waals surface area contributed by atoms with E-state index < -0.39 is 0 Å². The molecule has 98 valence electrons. The molecule has 0 atom stereocenters. The van der Waals surface area contributed by atoms with Crippen LogP contribution in [-0.4, -0.2) is 10.5 Å². The second-order valence-electron chi connectivity index (χ2n) is 4.68. The molecule has 19 heavy (non-hydrogen) atoms. The molecule has 2 heterocycles. The fourth-order valence-corrected chi connectivity index (χ4v) is 2.48. The smallest absolute Gasteiger partial charge is 0.228 e. The molecule has 1 aromatic heterocycles. The van der Waals surface area contributed by atoms with Crippen LogP contribution >= 0.6 is 11.6 Å². The van der Waals surface area contributed by atoms with Gasteiger partial charge in [0.15, 0.2) is 0 Å². The largest absolute Gasteiger partial charge is 0.378 e. The number of carbonyl (C=O) groups is 1. The van der Waals surface area contributed by atoms with Gasteiger partial charge in [-0.15, -0.1) is 0 Å². The lowest BCUT2D eigenvalue weighted by Crippen LogP contribution is -2.04. The highest BCUT2D eigenvalue weighted by atomic mass is 35.5. The first kappa shape index (κ1) is 12.1. The summed E-state index contributed by atoms with van der Waals surface area (Å²) in [5.74, 6) is 0.0191. The molecule has 0 saturated carbocycles. The molecule has 0 saturated heterocycles. The van der Waals surface area contributed by atoms with Crippen LogP contribution in [0.2, 0.25) is 5.02 Å². The Bertz CT molecular complexity index is 648. The van der Waals surface area contributed by atoms with Gasteiger partial charge in [-0.05, 0) is 29.8 Å². The van der Waals surface area contributed by atoms with Crippen LogP contribution in [0.1, 0.15) is 11.3 Å². The van der Waals surface area contributed by atoms with Crippen molar-refractivity contribution in [1.82, 2.24) is 4.57 Å². The maximum atomic E-state index is 11.3. The number of hydrogen-bond acceptors (Lipinski definition) is 2. The average Bonchev–Trinajstić information content (AvgIpc) is 2.91. The molecule has 1 aromatic carbocycles. The zero-order valence-corrected chi connectivity index (χ0v) is 11.3. The first-order chi connectivity index (χ1) is 9.13. The summed E-state index contributed by atoms with van der Waals surface area (Å²) in [6.45, 7) is 0.698. The number of anilines is 2. The van der Waals surface area contributed by atoms with Crippen LogP contribution in [0.3, 0.4) is 0 Å². The molecule has 0 bridgehead atoms. The van der Waals surface area contributed by atoms with Gasteiger partial charge in [0, 0.05) is 24.6 Å². The molecule has 3 rings (SSSR count). The normalized spacial score (nSPS) is 13.3. The number of aromatic nitrogens is 1. The number of hydrogen-bond donors (Lipinski definition) is 2. The fourth-order valence-electron chi connectivity index (χ4n) is 2.25. The summed E-state index contributed by atoms with van der Waals surface area (Å²) in [6, 6.07) is 7.80. The van der Waals surface area contributed by atoms with Crippen molar-refractivity contribution < 1.29 is 4.79 Å². The predicted molar refractivity (Wildman–Crippen MR) is 76.5 cm³/mol. The zero-order valence-electron chi connectivity index (χ0n) is 10.5. The van der Waals surface area contributed by atoms with Gasteiger partial charge < -0.3 is 15.2 Å². The highest BCUT2D eigenvalue weighted by Crippen LogP contribution is 2.33. The summed E-state index contributed by atoms with van der Waals surface area (Å²) in [5, 5.41) is 6.72. The number of halogens is 1. The highest BCUT2D eigenvalue weighted by molar-refractivity contribution is 6.33. The molecule has 4 nitrogen and oxygen atoms in total. The second-order valence-corrected chi connectivity index (χ2v) is 5.09. The number of fused-ring (bicyclic) bond motifs is 1. The van der Waals surface area contributed by atoms with Crippen LogP contribution in [0.25, 0.3) is 0 Å². The Kier molecular flexibility index (Phi) is 2.95. The van der Waals surface area contributed by atoms with Gasteiger partial charge in [0.25, 0.3) is 0 Å². The Balaban J connectivity index is 1.80. The van der Waals surface area contributed by atoms with Gasteiger partial charge in [-0.25, -0.2) is 0 Å². The lowest BCUT2D eigenvalue weighted by Gasteiger charge is -2.11. The first-order valence-electron chi connectivity index (χ1n) is 6.10. The molecular weight excluding hydrogens is 262 g/mol. The van der Waals surface area contributed by atoms with E-state index in [1.54, 1.807) is 6.07 Å². The van der Waals surface area contributed by atoms with Gasteiger partial charge in [-0.3, -0.25) is 4.79 Å². The number of carbonyl (C=O) groups excluding carboxylic acids is 1. The zero-order chi connectivity index (χ0) is 13.4. The van der Waals surface area contributed by atoms with Crippen molar-refractivity contribution >= 4 is 28.9 Å². The van der Waals surface area contributed by atoms with E-state index in [0.29, 0.717) is 18.0 Å². The van der Waals surface area contributed by atoms with E-state index in [9.17, 15) is 4.79 Å². The predicted octanol–water partition coefficient (Wildman–Crippen LogP) is 2.79. The van der Waals surface area contributed by atoms with E-state index in [1.165, 1.54) is 5.69 Å². The van der Waals surface area contributed by atoms with Gasteiger partial charge in [0.05, 0.1) is 23.7 Å². The van der Waals surface area contributed by atoms with Crippen LogP contribution in [0.5, 0.6) is 0 Å². The van der Waals surface area contributed by atoms with E-state index in [4.69, 9.17) is 11.6 Å². The number of amides is 1. The maximum absolute atomic E-state index is 11.3. The SMILES string of the molecule is Cn1cccc1CNc1cc2c(cc1Cl)NC(=O)C2. The Morgan fingerprint density at radius 1 is 1.47 bits per heavy atom. The number of nitrogens with zero attached hydrogens (tertiary/aromatic N) is 1. The molecule has 2 N–H and O–H groups in total. The first-order valence-corrected chi connectivity index (χ1v) is 6.47. The third-order valence-corrected chi connectivity index (χ3v) is 3.64. The van der Waals surface area contributed by atoms with Gasteiger partial charge in [-0.1, -0.05) is 11.6 Å². The number of nitrogens with one attached hydrogen (secondary N) is 2. The summed E-state index contributed by atoms with van der Waals surface area (Å²) in [6.07, 6.45) is 2.43. The lowest BCUT2D eigenvalue weighted by molar-refractivity contribution is -0.115. The highest BCUT2D eigenvalue weighted by Gasteiger charge is 2.19. The van der Waals surface area contributed by atoms with Crippen molar-refractivity contribution in [2.24, 2.45) is 7.05 Å². The van der Waals surface area contributed by atoms with Crippen LogP contribution in [0.15, 0.2) is 30.5 Å². The number of aryl methyl sites for hydroxylation is 1. The molecule has 5 heteroatoms. The van der Waals surface area contributed by atoms with Crippen LogP contribution in [0, 0.1) is 0 Å². The topological polar surface area (TPSA) is 46.1 Å². The van der Waals surface area contributed by atoms with Gasteiger partial charge in [0.2, 0.25) is 5.91 Å².